The summed E-state index contributed by atoms with van der Waals surface area (Å²) < 4.78 is 7.29. The van der Waals surface area contributed by atoms with Crippen LogP contribution in [-0.4, -0.2) is 0 Å². The van der Waals surface area contributed by atoms with E-state index < -0.39 is 5.41 Å². The van der Waals surface area contributed by atoms with Crippen LogP contribution in [0.15, 0.2) is 240 Å². The highest BCUT2D eigenvalue weighted by molar-refractivity contribution is 7.80. The average Bonchev–Trinajstić information content (AvgIpc) is 3.99. The van der Waals surface area contributed by atoms with E-state index in [9.17, 15) is 0 Å². The van der Waals surface area contributed by atoms with Crippen LogP contribution in [0.2, 0.25) is 0 Å². The fourth-order valence-electron chi connectivity index (χ4n) is 11.6. The number of furan rings is 1. The van der Waals surface area contributed by atoms with Crippen molar-refractivity contribution in [2.24, 2.45) is 0 Å². The van der Waals surface area contributed by atoms with E-state index in [2.05, 4.69) is 237 Å². The third-order valence-corrected chi connectivity index (χ3v) is 15.1. The normalized spacial score (nSPS) is 13.8. The summed E-state index contributed by atoms with van der Waals surface area (Å²) in [5, 5.41) is 2.16. The zero-order chi connectivity index (χ0) is 44.9. The first-order valence-corrected chi connectivity index (χ1v) is 23.6. The van der Waals surface area contributed by atoms with Crippen molar-refractivity contribution in [1.82, 2.24) is 0 Å². The molecule has 13 rings (SSSR count). The van der Waals surface area contributed by atoms with Crippen LogP contribution < -0.4 is 4.90 Å². The molecular formula is C64H45NOS. The van der Waals surface area contributed by atoms with Gasteiger partial charge in [-0.3, -0.25) is 0 Å². The first-order chi connectivity index (χ1) is 32.9. The average molecular weight is 876 g/mol. The minimum Gasteiger partial charge on any atom is -0.456 e. The number of thiol groups is 1. The van der Waals surface area contributed by atoms with Gasteiger partial charge in [0.2, 0.25) is 0 Å². The highest BCUT2D eigenvalue weighted by atomic mass is 32.1. The van der Waals surface area contributed by atoms with Crippen molar-refractivity contribution in [2.75, 3.05) is 4.90 Å². The minimum atomic E-state index is -0.607. The van der Waals surface area contributed by atoms with Crippen LogP contribution in [0.5, 0.6) is 0 Å². The Morgan fingerprint density at radius 2 is 0.970 bits per heavy atom. The lowest BCUT2D eigenvalue weighted by molar-refractivity contribution is 0.648. The first kappa shape index (κ1) is 39.5. The van der Waals surface area contributed by atoms with Gasteiger partial charge in [-0.15, -0.1) is 12.6 Å². The molecule has 0 radical (unpaired) electrons. The zero-order valence-corrected chi connectivity index (χ0v) is 38.1. The van der Waals surface area contributed by atoms with Crippen LogP contribution >= 0.6 is 12.6 Å². The van der Waals surface area contributed by atoms with Crippen molar-refractivity contribution in [3.8, 4) is 44.5 Å². The summed E-state index contributed by atoms with van der Waals surface area (Å²) in [4.78, 5) is 3.40. The molecule has 0 atom stereocenters. The predicted octanol–water partition coefficient (Wildman–Crippen LogP) is 17.3. The number of hydrogen-bond acceptors (Lipinski definition) is 3. The molecule has 0 saturated carbocycles. The van der Waals surface area contributed by atoms with E-state index in [1.54, 1.807) is 0 Å². The Morgan fingerprint density at radius 1 is 0.403 bits per heavy atom. The highest BCUT2D eigenvalue weighted by Crippen LogP contribution is 2.58. The fraction of sp³-hybridized carbons (Fsp3) is 0.0625. The highest BCUT2D eigenvalue weighted by Gasteiger charge is 2.47. The molecule has 67 heavy (non-hydrogen) atoms. The molecule has 0 fully saturated rings. The number of hydrogen-bond donors (Lipinski definition) is 1. The molecular weight excluding hydrogens is 831 g/mol. The molecule has 0 saturated heterocycles. The van der Waals surface area contributed by atoms with Crippen molar-refractivity contribution in [3.63, 3.8) is 0 Å². The molecule has 1 heterocycles. The van der Waals surface area contributed by atoms with E-state index >= 15 is 0 Å². The second-order valence-electron chi connectivity index (χ2n) is 18.5. The summed E-state index contributed by atoms with van der Waals surface area (Å²) in [7, 11) is 0. The molecule has 0 aliphatic heterocycles. The summed E-state index contributed by atoms with van der Waals surface area (Å²) in [6.45, 7) is 4.71. The smallest absolute Gasteiger partial charge is 0.140 e. The van der Waals surface area contributed by atoms with Crippen molar-refractivity contribution in [1.29, 1.82) is 0 Å². The number of nitrogens with zero attached hydrogens (tertiary/aromatic N) is 1. The minimum absolute atomic E-state index is 0.170. The number of benzene rings is 10. The summed E-state index contributed by atoms with van der Waals surface area (Å²) >= 11 is 4.79. The third-order valence-electron chi connectivity index (χ3n) is 14.7. The number of anilines is 3. The van der Waals surface area contributed by atoms with Gasteiger partial charge in [0.1, 0.15) is 11.2 Å². The maximum absolute atomic E-state index is 7.29. The fourth-order valence-corrected chi connectivity index (χ4v) is 11.9. The van der Waals surface area contributed by atoms with Crippen LogP contribution in [-0.2, 0) is 10.8 Å². The summed E-state index contributed by atoms with van der Waals surface area (Å²) in [6.07, 6.45) is 0. The van der Waals surface area contributed by atoms with E-state index in [0.717, 1.165) is 71.7 Å². The Bertz CT molecular complexity index is 3700. The lowest BCUT2D eigenvalue weighted by Crippen LogP contribution is -2.28. The van der Waals surface area contributed by atoms with Gasteiger partial charge in [0, 0.05) is 32.6 Å². The Balaban J connectivity index is 1.03. The molecule has 0 bridgehead atoms. The lowest BCUT2D eigenvalue weighted by atomic mass is 9.67. The summed E-state index contributed by atoms with van der Waals surface area (Å²) in [5.41, 5.74) is 21.4. The number of rotatable bonds is 7. The summed E-state index contributed by atoms with van der Waals surface area (Å²) in [5.74, 6) is 0. The van der Waals surface area contributed by atoms with Crippen LogP contribution in [0.25, 0.3) is 66.4 Å². The molecule has 0 unspecified atom stereocenters. The lowest BCUT2D eigenvalue weighted by Gasteiger charge is -2.33. The maximum atomic E-state index is 7.29. The molecule has 2 nitrogen and oxygen atoms in total. The topological polar surface area (TPSA) is 16.4 Å². The van der Waals surface area contributed by atoms with Crippen molar-refractivity contribution >= 4 is 51.6 Å². The van der Waals surface area contributed by atoms with Gasteiger partial charge in [-0.25, -0.2) is 0 Å². The van der Waals surface area contributed by atoms with E-state index in [1.807, 2.05) is 12.1 Å². The molecule has 0 N–H and O–H groups in total. The Kier molecular flexibility index (Phi) is 8.90. The van der Waals surface area contributed by atoms with E-state index in [-0.39, 0.29) is 5.41 Å². The van der Waals surface area contributed by atoms with Crippen LogP contribution in [0.3, 0.4) is 0 Å². The van der Waals surface area contributed by atoms with Gasteiger partial charge in [0.05, 0.1) is 16.5 Å². The standard InChI is InChI=1S/C64H45NOS/c1-63(2)53-26-10-6-22-48(53)51-38-37-46(40-57(51)63)65(45-35-33-41(34-36-45)42-17-14-18-43(39-42)47-21-9-13-32-60(47)67)58-30-16-31-59-61(58)52-25-15-29-56(62(52)66-59)64(44-19-4-3-5-20-44)54-27-11-7-23-49(54)50-24-8-12-28-55(50)64/h3-40,67H,1-2H3. The molecule has 2 aliphatic rings. The summed E-state index contributed by atoms with van der Waals surface area (Å²) in [6, 6.07) is 84.1. The van der Waals surface area contributed by atoms with Gasteiger partial charge in [-0.2, -0.15) is 0 Å². The third kappa shape index (κ3) is 5.84. The Morgan fingerprint density at radius 3 is 1.70 bits per heavy atom. The van der Waals surface area contributed by atoms with E-state index in [0.29, 0.717) is 0 Å². The van der Waals surface area contributed by atoms with Crippen molar-refractivity contribution in [3.05, 3.63) is 264 Å². The molecule has 2 aliphatic carbocycles. The molecule has 0 spiro atoms. The van der Waals surface area contributed by atoms with E-state index in [1.165, 1.54) is 50.1 Å². The molecule has 11 aromatic rings. The molecule has 3 heteroatoms. The van der Waals surface area contributed by atoms with Crippen molar-refractivity contribution < 1.29 is 4.42 Å². The molecule has 10 aromatic carbocycles. The molecule has 0 amide bonds. The molecule has 1 aromatic heterocycles. The van der Waals surface area contributed by atoms with E-state index in [4.69, 9.17) is 17.0 Å². The van der Waals surface area contributed by atoms with Gasteiger partial charge in [0.25, 0.3) is 0 Å². The second kappa shape index (κ2) is 15.1. The SMILES string of the molecule is CC1(C)c2ccccc2-c2ccc(N(c3ccc(-c4cccc(-c5ccccc5S)c4)cc3)c3cccc4oc5c(C6(c7ccccc7)c7ccccc7-c7ccccc76)cccc5c34)cc21. The van der Waals surface area contributed by atoms with Crippen LogP contribution in [0, 0.1) is 0 Å². The van der Waals surface area contributed by atoms with Gasteiger partial charge >= 0.3 is 0 Å². The first-order valence-electron chi connectivity index (χ1n) is 23.1. The number of para-hydroxylation sites is 1. The van der Waals surface area contributed by atoms with Crippen LogP contribution in [0.4, 0.5) is 17.1 Å². The number of fused-ring (bicyclic) bond motifs is 9. The van der Waals surface area contributed by atoms with Gasteiger partial charge in [-0.1, -0.05) is 196 Å². The van der Waals surface area contributed by atoms with Crippen molar-refractivity contribution in [2.45, 2.75) is 29.6 Å². The second-order valence-corrected chi connectivity index (χ2v) is 19.0. The van der Waals surface area contributed by atoms with Crippen LogP contribution in [0.1, 0.15) is 47.2 Å². The van der Waals surface area contributed by atoms with Gasteiger partial charge < -0.3 is 9.32 Å². The maximum Gasteiger partial charge on any atom is 0.140 e. The quantitative estimate of drug-likeness (QED) is 0.161. The van der Waals surface area contributed by atoms with Gasteiger partial charge in [-0.05, 0) is 121 Å². The predicted molar refractivity (Wildman–Crippen MR) is 281 cm³/mol. The molecule has 318 valence electrons. The zero-order valence-electron chi connectivity index (χ0n) is 37.2. The monoisotopic (exact) mass is 875 g/mol. The largest absolute Gasteiger partial charge is 0.456 e. The Hall–Kier alpha value is -7.85. The van der Waals surface area contributed by atoms with Gasteiger partial charge in [0.15, 0.2) is 0 Å². The Labute approximate surface area is 396 Å².